The van der Waals surface area contributed by atoms with E-state index in [2.05, 4.69) is 9.47 Å². The van der Waals surface area contributed by atoms with Crippen LogP contribution in [0.5, 0.6) is 11.5 Å². The molecule has 0 aromatic heterocycles. The van der Waals surface area contributed by atoms with Gasteiger partial charge in [0.05, 0.1) is 14.2 Å². The molecular weight excluding hydrogens is 454 g/mol. The van der Waals surface area contributed by atoms with Crippen LogP contribution in [0.15, 0.2) is 18.2 Å². The Hall–Kier alpha value is -3.54. The number of nitrogens with two attached hydrogens (primary N) is 1. The van der Waals surface area contributed by atoms with Gasteiger partial charge in [0, 0.05) is 0 Å². The lowest BCUT2D eigenvalue weighted by atomic mass is 10.1. The predicted molar refractivity (Wildman–Crippen MR) is 117 cm³/mol. The van der Waals surface area contributed by atoms with Crippen molar-refractivity contribution in [2.45, 2.75) is 58.3 Å². The third-order valence-electron chi connectivity index (χ3n) is 4.46. The Bertz CT molecular complexity index is 868. The average molecular weight is 485 g/mol. The fraction of sp³-hybridized carbons (Fsp3) is 0.545. The number of esters is 1. The molecule has 0 aliphatic heterocycles. The predicted octanol–water partition coefficient (Wildman–Crippen LogP) is 3.12. The first-order valence-corrected chi connectivity index (χ1v) is 10.4. The van der Waals surface area contributed by atoms with Gasteiger partial charge in [-0.25, -0.2) is 14.4 Å². The molecule has 0 spiro atoms. The Kier molecular flexibility index (Phi) is 11.1. The van der Waals surface area contributed by atoms with Crippen LogP contribution in [0.3, 0.4) is 0 Å². The third-order valence-corrected chi connectivity index (χ3v) is 4.46. The molecule has 0 heterocycles. The second kappa shape index (κ2) is 13.2. The average Bonchev–Trinajstić information content (AvgIpc) is 2.78. The highest BCUT2D eigenvalue weighted by atomic mass is 16.7. The summed E-state index contributed by atoms with van der Waals surface area (Å²) in [5.74, 6) is -1.00. The van der Waals surface area contributed by atoms with E-state index in [-0.39, 0.29) is 24.5 Å². The summed E-state index contributed by atoms with van der Waals surface area (Å²) in [5, 5.41) is 0. The van der Waals surface area contributed by atoms with E-state index in [1.165, 1.54) is 25.1 Å². The molecular formula is C22H31NO11. The molecule has 34 heavy (non-hydrogen) atoms. The summed E-state index contributed by atoms with van der Waals surface area (Å²) in [6.07, 6.45) is -3.11. The Morgan fingerprint density at radius 2 is 1.56 bits per heavy atom. The first-order chi connectivity index (χ1) is 15.9. The van der Waals surface area contributed by atoms with Crippen molar-refractivity contribution < 1.29 is 52.3 Å². The highest BCUT2D eigenvalue weighted by Crippen LogP contribution is 2.29. The molecule has 0 unspecified atom stereocenters. The zero-order chi connectivity index (χ0) is 25.9. The number of carbonyl (C=O) groups is 4. The molecule has 2 N–H and O–H groups in total. The number of ether oxygens (including phenoxy) is 7. The summed E-state index contributed by atoms with van der Waals surface area (Å²) in [6, 6.07) is 3.10. The molecule has 0 fully saturated rings. The van der Waals surface area contributed by atoms with Crippen molar-refractivity contribution in [3.63, 3.8) is 0 Å². The van der Waals surface area contributed by atoms with E-state index in [0.717, 1.165) is 14.2 Å². The second-order valence-corrected chi connectivity index (χ2v) is 7.73. The Morgan fingerprint density at radius 1 is 0.971 bits per heavy atom. The maximum Gasteiger partial charge on any atom is 0.513 e. The minimum atomic E-state index is -1.09. The van der Waals surface area contributed by atoms with Crippen molar-refractivity contribution in [1.29, 1.82) is 0 Å². The van der Waals surface area contributed by atoms with E-state index in [4.69, 9.17) is 29.4 Å². The van der Waals surface area contributed by atoms with E-state index >= 15 is 0 Å². The Morgan fingerprint density at radius 3 is 2.12 bits per heavy atom. The van der Waals surface area contributed by atoms with Crippen LogP contribution in [-0.4, -0.2) is 63.0 Å². The summed E-state index contributed by atoms with van der Waals surface area (Å²) in [5.41, 5.74) is 5.70. The molecule has 1 aromatic rings. The van der Waals surface area contributed by atoms with Crippen LogP contribution in [0.2, 0.25) is 0 Å². The van der Waals surface area contributed by atoms with Crippen molar-refractivity contribution in [2.24, 2.45) is 5.73 Å². The van der Waals surface area contributed by atoms with Gasteiger partial charge >= 0.3 is 24.4 Å². The number of hydrogen-bond acceptors (Lipinski definition) is 12. The van der Waals surface area contributed by atoms with Gasteiger partial charge in [-0.3, -0.25) is 4.79 Å². The molecule has 1 aromatic carbocycles. The molecule has 0 aliphatic rings. The highest BCUT2D eigenvalue weighted by molar-refractivity contribution is 5.76. The molecule has 12 heteroatoms. The largest absolute Gasteiger partial charge is 0.513 e. The van der Waals surface area contributed by atoms with Gasteiger partial charge in [0.1, 0.15) is 24.4 Å². The number of hydrogen-bond donors (Lipinski definition) is 1. The van der Waals surface area contributed by atoms with Crippen molar-refractivity contribution in [2.75, 3.05) is 20.8 Å². The summed E-state index contributed by atoms with van der Waals surface area (Å²) >= 11 is 0. The summed E-state index contributed by atoms with van der Waals surface area (Å²) in [7, 11) is 2.22. The maximum atomic E-state index is 12.3. The van der Waals surface area contributed by atoms with Gasteiger partial charge in [-0.2, -0.15) is 0 Å². The van der Waals surface area contributed by atoms with Crippen LogP contribution in [-0.2, 0) is 34.9 Å². The fourth-order valence-corrected chi connectivity index (χ4v) is 2.27. The van der Waals surface area contributed by atoms with Gasteiger partial charge in [0.15, 0.2) is 11.5 Å². The highest BCUT2D eigenvalue weighted by Gasteiger charge is 2.24. The van der Waals surface area contributed by atoms with E-state index in [1.54, 1.807) is 13.8 Å². The number of methoxy groups -OCH3 is 2. The minimum absolute atomic E-state index is 0.00314. The van der Waals surface area contributed by atoms with Crippen LogP contribution >= 0.6 is 0 Å². The first kappa shape index (κ1) is 28.5. The normalized spacial score (nSPS) is 12.6. The molecule has 2 atom stereocenters. The quantitative estimate of drug-likeness (QED) is 0.293. The number of rotatable bonds is 10. The Labute approximate surface area is 197 Å². The van der Waals surface area contributed by atoms with Gasteiger partial charge in [0.25, 0.3) is 0 Å². The number of carbonyl (C=O) groups excluding carboxylic acids is 4. The Balaban J connectivity index is 2.71. The van der Waals surface area contributed by atoms with Crippen molar-refractivity contribution in [1.82, 2.24) is 0 Å². The summed E-state index contributed by atoms with van der Waals surface area (Å²) in [6.45, 7) is 6.66. The smallest absolute Gasteiger partial charge is 0.461 e. The maximum absolute atomic E-state index is 12.3. The van der Waals surface area contributed by atoms with E-state index < -0.39 is 42.2 Å². The summed E-state index contributed by atoms with van der Waals surface area (Å²) in [4.78, 5) is 46.9. The molecule has 0 bridgehead atoms. The molecule has 0 amide bonds. The molecule has 0 saturated carbocycles. The van der Waals surface area contributed by atoms with Gasteiger partial charge < -0.3 is 38.9 Å². The van der Waals surface area contributed by atoms with Crippen molar-refractivity contribution >= 4 is 24.4 Å². The monoisotopic (exact) mass is 485 g/mol. The zero-order valence-corrected chi connectivity index (χ0v) is 20.1. The third kappa shape index (κ3) is 9.94. The van der Waals surface area contributed by atoms with Crippen LogP contribution < -0.4 is 15.2 Å². The van der Waals surface area contributed by atoms with Gasteiger partial charge in [-0.15, -0.1) is 0 Å². The second-order valence-electron chi connectivity index (χ2n) is 7.73. The topological polar surface area (TPSA) is 159 Å². The molecule has 0 radical (unpaired) electrons. The minimum Gasteiger partial charge on any atom is -0.461 e. The van der Waals surface area contributed by atoms with Crippen LogP contribution in [0.1, 0.15) is 39.7 Å². The fourth-order valence-electron chi connectivity index (χ4n) is 2.27. The van der Waals surface area contributed by atoms with Crippen LogP contribution in [0.4, 0.5) is 14.4 Å². The number of benzene rings is 1. The van der Waals surface area contributed by atoms with E-state index in [0.29, 0.717) is 12.0 Å². The lowest BCUT2D eigenvalue weighted by molar-refractivity contribution is -0.148. The van der Waals surface area contributed by atoms with Gasteiger partial charge in [-0.05, 0) is 51.3 Å². The van der Waals surface area contributed by atoms with Crippen LogP contribution in [0.25, 0.3) is 0 Å². The molecule has 0 aliphatic carbocycles. The van der Waals surface area contributed by atoms with E-state index in [1.807, 2.05) is 6.92 Å². The van der Waals surface area contributed by atoms with Crippen molar-refractivity contribution in [3.8, 4) is 11.5 Å². The molecule has 12 nitrogen and oxygen atoms in total. The van der Waals surface area contributed by atoms with Gasteiger partial charge in [-0.1, -0.05) is 13.0 Å². The first-order valence-electron chi connectivity index (χ1n) is 10.4. The summed E-state index contributed by atoms with van der Waals surface area (Å²) < 4.78 is 34.1. The molecule has 1 rings (SSSR count). The lowest BCUT2D eigenvalue weighted by Gasteiger charge is -2.24. The van der Waals surface area contributed by atoms with Gasteiger partial charge in [0.2, 0.25) is 0 Å². The van der Waals surface area contributed by atoms with Crippen LogP contribution in [0, 0.1) is 0 Å². The van der Waals surface area contributed by atoms with Crippen molar-refractivity contribution in [3.05, 3.63) is 23.8 Å². The lowest BCUT2D eigenvalue weighted by Crippen LogP contribution is -2.36. The van der Waals surface area contributed by atoms with E-state index in [9.17, 15) is 19.2 Å². The zero-order valence-electron chi connectivity index (χ0n) is 20.1. The molecule has 0 saturated heterocycles. The SMILES string of the molecule is CCC(C)(C)OC(=O)O[C@@H](C)COC(=O)[C@@H](N)Cc1ccc(OC(=O)OC)c(OC(=O)OC)c1. The molecule has 190 valence electrons. The standard InChI is InChI=1S/C22H31NO11/c1-7-22(3,4)34-21(27)31-13(2)12-30-18(24)15(23)10-14-8-9-16(32-19(25)28-5)17(11-14)33-20(26)29-6/h8-9,11,13,15H,7,10,12,23H2,1-6H3/t13-,15-/m0/s1.